The zero-order valence-electron chi connectivity index (χ0n) is 13.5. The van der Waals surface area contributed by atoms with E-state index in [9.17, 15) is 4.79 Å². The van der Waals surface area contributed by atoms with Crippen LogP contribution in [0.1, 0.15) is 68.6 Å². The molecule has 0 saturated heterocycles. The molecule has 0 bridgehead atoms. The second-order valence-electron chi connectivity index (χ2n) is 5.97. The first-order valence-corrected chi connectivity index (χ1v) is 8.44. The quantitative estimate of drug-likeness (QED) is 0.441. The summed E-state index contributed by atoms with van der Waals surface area (Å²) in [6.07, 6.45) is 8.94. The monoisotopic (exact) mass is 305 g/mol. The first-order chi connectivity index (χ1) is 10.7. The van der Waals surface area contributed by atoms with Crippen molar-refractivity contribution in [1.82, 2.24) is 0 Å². The molecule has 1 aliphatic carbocycles. The molecule has 1 fully saturated rings. The highest BCUT2D eigenvalue weighted by Crippen LogP contribution is 2.25. The number of anilines is 1. The lowest BCUT2D eigenvalue weighted by molar-refractivity contribution is 0.0318. The highest BCUT2D eigenvalue weighted by Gasteiger charge is 2.20. The van der Waals surface area contributed by atoms with Gasteiger partial charge in [-0.05, 0) is 50.3 Å². The Morgan fingerprint density at radius 1 is 1.23 bits per heavy atom. The number of esters is 1. The van der Waals surface area contributed by atoms with E-state index in [4.69, 9.17) is 15.2 Å². The first-order valence-electron chi connectivity index (χ1n) is 8.44. The molecule has 0 heterocycles. The summed E-state index contributed by atoms with van der Waals surface area (Å²) < 4.78 is 11.2. The van der Waals surface area contributed by atoms with Crippen molar-refractivity contribution in [2.45, 2.75) is 64.4 Å². The summed E-state index contributed by atoms with van der Waals surface area (Å²) in [5.74, 6) is 0.363. The normalized spacial score (nSPS) is 15.0. The summed E-state index contributed by atoms with van der Waals surface area (Å²) >= 11 is 0. The molecule has 2 rings (SSSR count). The highest BCUT2D eigenvalue weighted by molar-refractivity contribution is 5.91. The van der Waals surface area contributed by atoms with E-state index < -0.39 is 0 Å². The third-order valence-corrected chi connectivity index (χ3v) is 4.08. The van der Waals surface area contributed by atoms with Crippen LogP contribution < -0.4 is 10.5 Å². The van der Waals surface area contributed by atoms with Crippen molar-refractivity contribution in [2.75, 3.05) is 12.3 Å². The number of hydrogen-bond donors (Lipinski definition) is 1. The van der Waals surface area contributed by atoms with Gasteiger partial charge in [0.05, 0.1) is 17.9 Å². The lowest BCUT2D eigenvalue weighted by Crippen LogP contribution is -2.15. The van der Waals surface area contributed by atoms with Crippen LogP contribution in [0.15, 0.2) is 18.2 Å². The van der Waals surface area contributed by atoms with E-state index in [2.05, 4.69) is 6.92 Å². The van der Waals surface area contributed by atoms with Gasteiger partial charge in [-0.15, -0.1) is 0 Å². The molecule has 22 heavy (non-hydrogen) atoms. The Morgan fingerprint density at radius 2 is 2.00 bits per heavy atom. The number of ether oxygens (including phenoxy) is 2. The van der Waals surface area contributed by atoms with E-state index in [-0.39, 0.29) is 12.1 Å². The van der Waals surface area contributed by atoms with Crippen LogP contribution in [-0.4, -0.2) is 18.7 Å². The van der Waals surface area contributed by atoms with Crippen LogP contribution >= 0.6 is 0 Å². The van der Waals surface area contributed by atoms with Crippen LogP contribution in [0.5, 0.6) is 5.75 Å². The number of nitrogens with two attached hydrogens (primary N) is 1. The second-order valence-corrected chi connectivity index (χ2v) is 5.97. The summed E-state index contributed by atoms with van der Waals surface area (Å²) in [7, 11) is 0. The average molecular weight is 305 g/mol. The molecule has 4 heteroatoms. The third-order valence-electron chi connectivity index (χ3n) is 4.08. The van der Waals surface area contributed by atoms with Gasteiger partial charge in [-0.2, -0.15) is 0 Å². The molecule has 2 N–H and O–H groups in total. The molecule has 1 aliphatic rings. The van der Waals surface area contributed by atoms with Gasteiger partial charge in [0.15, 0.2) is 0 Å². The zero-order valence-corrected chi connectivity index (χ0v) is 13.5. The average Bonchev–Trinajstić information content (AvgIpc) is 3.01. The Morgan fingerprint density at radius 3 is 2.68 bits per heavy atom. The SMILES string of the molecule is CCCCCCOc1ccc(C(=O)OC2CCCC2)cc1N. The van der Waals surface area contributed by atoms with Crippen molar-refractivity contribution >= 4 is 11.7 Å². The molecular formula is C18H27NO3. The molecule has 1 aromatic carbocycles. The van der Waals surface area contributed by atoms with E-state index in [1.54, 1.807) is 18.2 Å². The van der Waals surface area contributed by atoms with E-state index >= 15 is 0 Å². The topological polar surface area (TPSA) is 61.5 Å². The lowest BCUT2D eigenvalue weighted by atomic mass is 10.2. The van der Waals surface area contributed by atoms with Crippen LogP contribution in [-0.2, 0) is 4.74 Å². The number of benzene rings is 1. The molecule has 1 saturated carbocycles. The molecule has 0 unspecified atom stereocenters. The number of rotatable bonds is 8. The Labute approximate surface area is 133 Å². The Bertz CT molecular complexity index is 481. The molecule has 0 atom stereocenters. The van der Waals surface area contributed by atoms with Gasteiger partial charge >= 0.3 is 5.97 Å². The summed E-state index contributed by atoms with van der Waals surface area (Å²) in [6.45, 7) is 2.85. The fraction of sp³-hybridized carbons (Fsp3) is 0.611. The zero-order chi connectivity index (χ0) is 15.8. The highest BCUT2D eigenvalue weighted by atomic mass is 16.5. The van der Waals surface area contributed by atoms with Crippen LogP contribution in [0.25, 0.3) is 0 Å². The fourth-order valence-corrected chi connectivity index (χ4v) is 2.74. The van der Waals surface area contributed by atoms with E-state index in [1.165, 1.54) is 19.3 Å². The smallest absolute Gasteiger partial charge is 0.338 e. The second kappa shape index (κ2) is 8.66. The van der Waals surface area contributed by atoms with Crippen molar-refractivity contribution in [2.24, 2.45) is 0 Å². The van der Waals surface area contributed by atoms with Gasteiger partial charge in [0, 0.05) is 0 Å². The van der Waals surface area contributed by atoms with Crippen molar-refractivity contribution in [3.8, 4) is 5.75 Å². The van der Waals surface area contributed by atoms with E-state index in [1.807, 2.05) is 0 Å². The lowest BCUT2D eigenvalue weighted by Gasteiger charge is -2.13. The molecule has 122 valence electrons. The van der Waals surface area contributed by atoms with Crippen molar-refractivity contribution < 1.29 is 14.3 Å². The summed E-state index contributed by atoms with van der Waals surface area (Å²) in [5, 5.41) is 0. The molecule has 0 aliphatic heterocycles. The van der Waals surface area contributed by atoms with Gasteiger partial charge < -0.3 is 15.2 Å². The molecule has 0 radical (unpaired) electrons. The van der Waals surface area contributed by atoms with Gasteiger partial charge in [-0.1, -0.05) is 26.2 Å². The van der Waals surface area contributed by atoms with Crippen molar-refractivity contribution in [3.63, 3.8) is 0 Å². The van der Waals surface area contributed by atoms with E-state index in [0.29, 0.717) is 23.6 Å². The predicted octanol–water partition coefficient (Wildman–Crippen LogP) is 4.33. The maximum Gasteiger partial charge on any atom is 0.338 e. The molecule has 4 nitrogen and oxygen atoms in total. The molecule has 0 amide bonds. The van der Waals surface area contributed by atoms with Crippen LogP contribution in [0.4, 0.5) is 5.69 Å². The van der Waals surface area contributed by atoms with Gasteiger partial charge in [0.25, 0.3) is 0 Å². The largest absolute Gasteiger partial charge is 0.491 e. The van der Waals surface area contributed by atoms with Crippen molar-refractivity contribution in [1.29, 1.82) is 0 Å². The number of hydrogen-bond acceptors (Lipinski definition) is 4. The molecule has 0 spiro atoms. The molecular weight excluding hydrogens is 278 g/mol. The Kier molecular flexibility index (Phi) is 6.56. The van der Waals surface area contributed by atoms with Gasteiger partial charge in [0.2, 0.25) is 0 Å². The third kappa shape index (κ3) is 4.93. The standard InChI is InChI=1S/C18H27NO3/c1-2-3-4-7-12-21-17-11-10-14(13-16(17)19)18(20)22-15-8-5-6-9-15/h10-11,13,15H,2-9,12,19H2,1H3. The summed E-state index contributed by atoms with van der Waals surface area (Å²) in [4.78, 5) is 12.1. The summed E-state index contributed by atoms with van der Waals surface area (Å²) in [6, 6.07) is 5.15. The Balaban J connectivity index is 1.84. The van der Waals surface area contributed by atoms with Crippen LogP contribution in [0.2, 0.25) is 0 Å². The maximum absolute atomic E-state index is 12.1. The van der Waals surface area contributed by atoms with Gasteiger partial charge in [0.1, 0.15) is 11.9 Å². The predicted molar refractivity (Wildman–Crippen MR) is 88.2 cm³/mol. The Hall–Kier alpha value is -1.71. The number of carbonyl (C=O) groups is 1. The van der Waals surface area contributed by atoms with E-state index in [0.717, 1.165) is 32.1 Å². The minimum Gasteiger partial charge on any atom is -0.491 e. The minimum absolute atomic E-state index is 0.0724. The van der Waals surface area contributed by atoms with Gasteiger partial charge in [-0.25, -0.2) is 4.79 Å². The summed E-state index contributed by atoms with van der Waals surface area (Å²) in [5.41, 5.74) is 6.97. The van der Waals surface area contributed by atoms with Crippen LogP contribution in [0, 0.1) is 0 Å². The molecule has 0 aromatic heterocycles. The fourth-order valence-electron chi connectivity index (χ4n) is 2.74. The van der Waals surface area contributed by atoms with Crippen LogP contribution in [0.3, 0.4) is 0 Å². The molecule has 1 aromatic rings. The number of carbonyl (C=O) groups excluding carboxylic acids is 1. The number of nitrogen functional groups attached to an aromatic ring is 1. The number of unbranched alkanes of at least 4 members (excludes halogenated alkanes) is 3. The van der Waals surface area contributed by atoms with Crippen molar-refractivity contribution in [3.05, 3.63) is 23.8 Å². The van der Waals surface area contributed by atoms with Gasteiger partial charge in [-0.3, -0.25) is 0 Å². The maximum atomic E-state index is 12.1. The first kappa shape index (κ1) is 16.7. The minimum atomic E-state index is -0.284.